The van der Waals surface area contributed by atoms with Crippen molar-refractivity contribution in [1.29, 1.82) is 0 Å². The van der Waals surface area contributed by atoms with E-state index in [-0.39, 0.29) is 29.4 Å². The molecule has 1 aromatic carbocycles. The Morgan fingerprint density at radius 2 is 2.20 bits per heavy atom. The Labute approximate surface area is 118 Å². The molecular formula is C15H21FN2O2. The van der Waals surface area contributed by atoms with Crippen LogP contribution >= 0.6 is 0 Å². The lowest BCUT2D eigenvalue weighted by Crippen LogP contribution is -2.44. The van der Waals surface area contributed by atoms with Gasteiger partial charge in [-0.3, -0.25) is 4.79 Å². The van der Waals surface area contributed by atoms with Crippen LogP contribution < -0.4 is 15.8 Å². The van der Waals surface area contributed by atoms with E-state index in [2.05, 4.69) is 5.32 Å². The Hall–Kier alpha value is -1.62. The maximum atomic E-state index is 13.6. The van der Waals surface area contributed by atoms with Gasteiger partial charge in [0, 0.05) is 12.6 Å². The Balaban J connectivity index is 1.96. The number of nitrogens with one attached hydrogen (secondary N) is 1. The number of hydrogen-bond donors (Lipinski definition) is 2. The molecule has 0 aliphatic heterocycles. The van der Waals surface area contributed by atoms with Crippen molar-refractivity contribution < 1.29 is 13.9 Å². The molecule has 0 bridgehead atoms. The van der Waals surface area contributed by atoms with Gasteiger partial charge in [-0.1, -0.05) is 18.9 Å². The summed E-state index contributed by atoms with van der Waals surface area (Å²) in [6.45, 7) is 0.523. The van der Waals surface area contributed by atoms with Crippen molar-refractivity contribution in [1.82, 2.24) is 5.32 Å². The fraction of sp³-hybridized carbons (Fsp3) is 0.533. The van der Waals surface area contributed by atoms with E-state index in [9.17, 15) is 9.18 Å². The number of primary amides is 1. The molecule has 1 aliphatic carbocycles. The maximum absolute atomic E-state index is 13.6. The van der Waals surface area contributed by atoms with Crippen molar-refractivity contribution in [2.45, 2.75) is 38.3 Å². The van der Waals surface area contributed by atoms with Crippen molar-refractivity contribution >= 4 is 5.91 Å². The van der Waals surface area contributed by atoms with Crippen molar-refractivity contribution in [3.05, 3.63) is 29.6 Å². The molecule has 5 heteroatoms. The molecule has 0 spiro atoms. The number of halogens is 1. The van der Waals surface area contributed by atoms with Gasteiger partial charge in [0.2, 0.25) is 5.91 Å². The molecule has 110 valence electrons. The van der Waals surface area contributed by atoms with Gasteiger partial charge < -0.3 is 15.8 Å². The molecule has 2 atom stereocenters. The van der Waals surface area contributed by atoms with Crippen molar-refractivity contribution in [2.24, 2.45) is 11.7 Å². The zero-order valence-corrected chi connectivity index (χ0v) is 11.7. The summed E-state index contributed by atoms with van der Waals surface area (Å²) in [5.74, 6) is -0.502. The number of carbonyl (C=O) groups is 1. The molecule has 2 rings (SSSR count). The monoisotopic (exact) mass is 280 g/mol. The van der Waals surface area contributed by atoms with Crippen LogP contribution in [0.1, 0.15) is 31.2 Å². The molecule has 0 aromatic heterocycles. The van der Waals surface area contributed by atoms with Gasteiger partial charge in [-0.2, -0.15) is 0 Å². The van der Waals surface area contributed by atoms with Crippen LogP contribution in [0.15, 0.2) is 18.2 Å². The highest BCUT2D eigenvalue weighted by Crippen LogP contribution is 2.25. The van der Waals surface area contributed by atoms with Crippen molar-refractivity contribution in [3.63, 3.8) is 0 Å². The average molecular weight is 280 g/mol. The van der Waals surface area contributed by atoms with E-state index in [1.54, 1.807) is 6.07 Å². The SMILES string of the molecule is COc1ccc(CN[C@H]2CCCC[C@H]2C(N)=O)cc1F. The summed E-state index contributed by atoms with van der Waals surface area (Å²) in [5.41, 5.74) is 6.26. The molecule has 1 aromatic rings. The smallest absolute Gasteiger partial charge is 0.222 e. The molecular weight excluding hydrogens is 259 g/mol. The number of rotatable bonds is 5. The number of benzene rings is 1. The summed E-state index contributed by atoms with van der Waals surface area (Å²) < 4.78 is 18.5. The molecule has 1 aliphatic rings. The summed E-state index contributed by atoms with van der Waals surface area (Å²) in [6, 6.07) is 4.97. The number of amides is 1. The molecule has 3 N–H and O–H groups in total. The van der Waals surface area contributed by atoms with Crippen LogP contribution in [0.3, 0.4) is 0 Å². The fourth-order valence-corrected chi connectivity index (χ4v) is 2.78. The molecule has 0 unspecified atom stereocenters. The van der Waals surface area contributed by atoms with Crippen LogP contribution in [-0.4, -0.2) is 19.1 Å². The van der Waals surface area contributed by atoms with Gasteiger partial charge in [0.15, 0.2) is 11.6 Å². The Morgan fingerprint density at radius 3 is 2.85 bits per heavy atom. The molecule has 0 heterocycles. The highest BCUT2D eigenvalue weighted by molar-refractivity contribution is 5.77. The summed E-state index contributed by atoms with van der Waals surface area (Å²) >= 11 is 0. The topological polar surface area (TPSA) is 64.3 Å². The lowest BCUT2D eigenvalue weighted by atomic mass is 9.84. The van der Waals surface area contributed by atoms with Crippen LogP contribution in [0, 0.1) is 11.7 Å². The van der Waals surface area contributed by atoms with E-state index in [1.165, 1.54) is 13.2 Å². The van der Waals surface area contributed by atoms with Gasteiger partial charge in [-0.25, -0.2) is 4.39 Å². The predicted molar refractivity (Wildman–Crippen MR) is 74.7 cm³/mol. The minimum atomic E-state index is -0.373. The van der Waals surface area contributed by atoms with Gasteiger partial charge in [0.25, 0.3) is 0 Å². The van der Waals surface area contributed by atoms with Gasteiger partial charge in [0.05, 0.1) is 13.0 Å². The standard InChI is InChI=1S/C15H21FN2O2/c1-20-14-7-6-10(8-12(14)16)9-18-13-5-3-2-4-11(13)15(17)19/h6-8,11,13,18H,2-5,9H2,1H3,(H2,17,19)/t11-,13+/m1/s1. The summed E-state index contributed by atoms with van der Waals surface area (Å²) in [4.78, 5) is 11.4. The molecule has 1 saturated carbocycles. The quantitative estimate of drug-likeness (QED) is 0.866. The van der Waals surface area contributed by atoms with E-state index in [0.717, 1.165) is 31.2 Å². The summed E-state index contributed by atoms with van der Waals surface area (Å²) in [5, 5.41) is 3.33. The fourth-order valence-electron chi connectivity index (χ4n) is 2.78. The first-order valence-corrected chi connectivity index (χ1v) is 6.97. The van der Waals surface area contributed by atoms with E-state index in [4.69, 9.17) is 10.5 Å². The second-order valence-corrected chi connectivity index (χ2v) is 5.25. The highest BCUT2D eigenvalue weighted by Gasteiger charge is 2.28. The zero-order chi connectivity index (χ0) is 14.5. The Morgan fingerprint density at radius 1 is 1.45 bits per heavy atom. The molecule has 0 saturated heterocycles. The lowest BCUT2D eigenvalue weighted by Gasteiger charge is -2.30. The first kappa shape index (κ1) is 14.8. The maximum Gasteiger partial charge on any atom is 0.222 e. The zero-order valence-electron chi connectivity index (χ0n) is 11.7. The van der Waals surface area contributed by atoms with E-state index >= 15 is 0 Å². The van der Waals surface area contributed by atoms with E-state index in [1.807, 2.05) is 6.07 Å². The second kappa shape index (κ2) is 6.70. The third kappa shape index (κ3) is 3.48. The number of carbonyl (C=O) groups excluding carboxylic acids is 1. The van der Waals surface area contributed by atoms with Gasteiger partial charge in [-0.05, 0) is 30.5 Å². The summed E-state index contributed by atoms with van der Waals surface area (Å²) in [7, 11) is 1.44. The van der Waals surface area contributed by atoms with Gasteiger partial charge in [0.1, 0.15) is 0 Å². The number of hydrogen-bond acceptors (Lipinski definition) is 3. The van der Waals surface area contributed by atoms with Crippen LogP contribution in [0.4, 0.5) is 4.39 Å². The molecule has 4 nitrogen and oxygen atoms in total. The Bertz CT molecular complexity index is 479. The lowest BCUT2D eigenvalue weighted by molar-refractivity contribution is -0.123. The van der Waals surface area contributed by atoms with E-state index < -0.39 is 0 Å². The number of ether oxygens (including phenoxy) is 1. The normalized spacial score (nSPS) is 22.5. The summed E-state index contributed by atoms with van der Waals surface area (Å²) in [6.07, 6.45) is 3.91. The minimum Gasteiger partial charge on any atom is -0.494 e. The molecule has 1 fully saturated rings. The largest absolute Gasteiger partial charge is 0.494 e. The third-order valence-electron chi connectivity index (χ3n) is 3.92. The highest BCUT2D eigenvalue weighted by atomic mass is 19.1. The van der Waals surface area contributed by atoms with Gasteiger partial charge >= 0.3 is 0 Å². The van der Waals surface area contributed by atoms with Crippen molar-refractivity contribution in [3.8, 4) is 5.75 Å². The minimum absolute atomic E-state index is 0.0893. The Kier molecular flexibility index (Phi) is 4.95. The first-order chi connectivity index (χ1) is 9.61. The van der Waals surface area contributed by atoms with Crippen LogP contribution in [0.2, 0.25) is 0 Å². The molecule has 20 heavy (non-hydrogen) atoms. The van der Waals surface area contributed by atoms with E-state index in [0.29, 0.717) is 6.54 Å². The predicted octanol–water partition coefficient (Wildman–Crippen LogP) is 1.97. The van der Waals surface area contributed by atoms with Crippen LogP contribution in [0.25, 0.3) is 0 Å². The number of methoxy groups -OCH3 is 1. The average Bonchev–Trinajstić information content (AvgIpc) is 2.45. The molecule has 1 amide bonds. The third-order valence-corrected chi connectivity index (χ3v) is 3.92. The molecule has 0 radical (unpaired) electrons. The van der Waals surface area contributed by atoms with Crippen LogP contribution in [0.5, 0.6) is 5.75 Å². The van der Waals surface area contributed by atoms with Crippen molar-refractivity contribution in [2.75, 3.05) is 7.11 Å². The first-order valence-electron chi connectivity index (χ1n) is 6.97. The second-order valence-electron chi connectivity index (χ2n) is 5.25. The number of nitrogens with two attached hydrogens (primary N) is 1. The van der Waals surface area contributed by atoms with Crippen LogP contribution in [-0.2, 0) is 11.3 Å². The van der Waals surface area contributed by atoms with Gasteiger partial charge in [-0.15, -0.1) is 0 Å².